The van der Waals surface area contributed by atoms with E-state index in [0.29, 0.717) is 4.90 Å². The minimum Gasteiger partial charge on any atom is -0.342 e. The fourth-order valence-corrected chi connectivity index (χ4v) is 2.54. The molecule has 0 radical (unpaired) electrons. The Morgan fingerprint density at radius 3 is 2.41 bits per heavy atom. The van der Waals surface area contributed by atoms with Gasteiger partial charge in [0.2, 0.25) is 5.91 Å². The molecule has 4 N–H and O–H groups in total. The number of hydrogen-bond donors (Lipinski definition) is 3. The van der Waals surface area contributed by atoms with Crippen molar-refractivity contribution in [3.8, 4) is 0 Å². The highest BCUT2D eigenvalue weighted by Crippen LogP contribution is 2.24. The molecule has 1 aromatic carbocycles. The summed E-state index contributed by atoms with van der Waals surface area (Å²) in [6, 6.07) is 6.63. The van der Waals surface area contributed by atoms with E-state index in [1.807, 2.05) is 20.8 Å². The lowest BCUT2D eigenvalue weighted by Gasteiger charge is -2.20. The molecule has 7 heteroatoms. The van der Waals surface area contributed by atoms with Crippen LogP contribution >= 0.6 is 11.8 Å². The van der Waals surface area contributed by atoms with Crippen LogP contribution in [-0.2, 0) is 4.79 Å². The Morgan fingerprint density at radius 2 is 1.82 bits per heavy atom. The van der Waals surface area contributed by atoms with Gasteiger partial charge >= 0.3 is 0 Å². The van der Waals surface area contributed by atoms with Gasteiger partial charge in [0.15, 0.2) is 0 Å². The molecule has 0 atom stereocenters. The van der Waals surface area contributed by atoms with Crippen LogP contribution in [0.5, 0.6) is 0 Å². The first-order valence-corrected chi connectivity index (χ1v) is 7.68. The van der Waals surface area contributed by atoms with Crippen molar-refractivity contribution in [2.24, 2.45) is 5.73 Å². The number of imide groups is 1. The zero-order valence-corrected chi connectivity index (χ0v) is 13.8. The topological polar surface area (TPSA) is 101 Å². The Labute approximate surface area is 134 Å². The molecule has 3 amide bonds. The molecule has 0 aromatic heterocycles. The van der Waals surface area contributed by atoms with Gasteiger partial charge in [-0.15, -0.1) is 0 Å². The summed E-state index contributed by atoms with van der Waals surface area (Å²) in [5, 5.41) is 4.80. The van der Waals surface area contributed by atoms with Gasteiger partial charge in [-0.25, -0.2) is 0 Å². The molecule has 120 valence electrons. The molecular weight excluding hydrogens is 302 g/mol. The predicted molar refractivity (Wildman–Crippen MR) is 86.7 cm³/mol. The summed E-state index contributed by atoms with van der Waals surface area (Å²) < 4.78 is 0. The van der Waals surface area contributed by atoms with E-state index >= 15 is 0 Å². The minimum absolute atomic E-state index is 0.0750. The number of amides is 3. The molecule has 0 heterocycles. The number of nitrogens with two attached hydrogens (primary N) is 1. The molecular formula is C15H21N3O3S. The summed E-state index contributed by atoms with van der Waals surface area (Å²) >= 11 is 0.919. The summed E-state index contributed by atoms with van der Waals surface area (Å²) in [6.45, 7) is 5.78. The van der Waals surface area contributed by atoms with Crippen molar-refractivity contribution in [1.82, 2.24) is 10.6 Å². The molecule has 0 unspecified atom stereocenters. The van der Waals surface area contributed by atoms with Crippen LogP contribution in [-0.4, -0.2) is 29.1 Å². The standard InChI is InChI=1S/C15H21N3O3S/c1-15(2,3)18-14(21)22-11-7-5-4-6-10(11)13(20)17-12(19)8-9-16/h4-7H,8-9,16H2,1-3H3,(H,18,21)(H,17,19,20). The van der Waals surface area contributed by atoms with Crippen LogP contribution in [0.2, 0.25) is 0 Å². The van der Waals surface area contributed by atoms with E-state index in [-0.39, 0.29) is 29.3 Å². The second-order valence-electron chi connectivity index (χ2n) is 5.68. The molecule has 1 rings (SSSR count). The van der Waals surface area contributed by atoms with E-state index in [9.17, 15) is 14.4 Å². The maximum atomic E-state index is 12.1. The fourth-order valence-electron chi connectivity index (χ4n) is 1.56. The van der Waals surface area contributed by atoms with Gasteiger partial charge in [-0.1, -0.05) is 12.1 Å². The van der Waals surface area contributed by atoms with Crippen LogP contribution in [0.1, 0.15) is 37.6 Å². The Morgan fingerprint density at radius 1 is 1.18 bits per heavy atom. The smallest absolute Gasteiger partial charge is 0.284 e. The van der Waals surface area contributed by atoms with E-state index < -0.39 is 11.8 Å². The number of carbonyl (C=O) groups excluding carboxylic acids is 3. The SMILES string of the molecule is CC(C)(C)NC(=O)Sc1ccccc1C(=O)NC(=O)CCN. The highest BCUT2D eigenvalue weighted by molar-refractivity contribution is 8.13. The Kier molecular flexibility index (Phi) is 6.58. The molecule has 0 spiro atoms. The van der Waals surface area contributed by atoms with Gasteiger partial charge in [0.25, 0.3) is 11.1 Å². The van der Waals surface area contributed by atoms with E-state index in [1.54, 1.807) is 24.3 Å². The molecule has 0 aliphatic heterocycles. The predicted octanol–water partition coefficient (Wildman–Crippen LogP) is 1.89. The number of rotatable bonds is 4. The molecule has 0 saturated heterocycles. The fraction of sp³-hybridized carbons (Fsp3) is 0.400. The van der Waals surface area contributed by atoms with Gasteiger partial charge in [-0.05, 0) is 44.7 Å². The summed E-state index contributed by atoms with van der Waals surface area (Å²) in [4.78, 5) is 36.0. The molecule has 0 aliphatic rings. The van der Waals surface area contributed by atoms with Crippen molar-refractivity contribution in [1.29, 1.82) is 0 Å². The number of thioether (sulfide) groups is 1. The summed E-state index contributed by atoms with van der Waals surface area (Å²) in [7, 11) is 0. The van der Waals surface area contributed by atoms with Crippen LogP contribution in [0.25, 0.3) is 0 Å². The third-order valence-electron chi connectivity index (χ3n) is 2.44. The van der Waals surface area contributed by atoms with E-state index in [0.717, 1.165) is 11.8 Å². The van der Waals surface area contributed by atoms with Crippen molar-refractivity contribution in [3.05, 3.63) is 29.8 Å². The first-order valence-electron chi connectivity index (χ1n) is 6.86. The van der Waals surface area contributed by atoms with E-state index in [2.05, 4.69) is 10.6 Å². The number of benzene rings is 1. The molecule has 0 aliphatic carbocycles. The van der Waals surface area contributed by atoms with Crippen molar-refractivity contribution >= 4 is 28.8 Å². The van der Waals surface area contributed by atoms with Crippen molar-refractivity contribution in [2.75, 3.05) is 6.54 Å². The van der Waals surface area contributed by atoms with Gasteiger partial charge < -0.3 is 11.1 Å². The summed E-state index contributed by atoms with van der Waals surface area (Å²) in [5.41, 5.74) is 5.19. The average Bonchev–Trinajstić information content (AvgIpc) is 2.37. The lowest BCUT2D eigenvalue weighted by Crippen LogP contribution is -2.38. The molecule has 1 aromatic rings. The average molecular weight is 323 g/mol. The Hall–Kier alpha value is -1.86. The number of nitrogens with one attached hydrogen (secondary N) is 2. The third-order valence-corrected chi connectivity index (χ3v) is 3.30. The zero-order valence-electron chi connectivity index (χ0n) is 12.9. The maximum Gasteiger partial charge on any atom is 0.284 e. The normalized spacial score (nSPS) is 10.9. The Balaban J connectivity index is 2.83. The number of carbonyl (C=O) groups is 3. The quantitative estimate of drug-likeness (QED) is 0.735. The maximum absolute atomic E-state index is 12.1. The van der Waals surface area contributed by atoms with Crippen molar-refractivity contribution in [3.63, 3.8) is 0 Å². The lowest BCUT2D eigenvalue weighted by molar-refractivity contribution is -0.119. The van der Waals surface area contributed by atoms with Crippen LogP contribution in [0.15, 0.2) is 29.2 Å². The lowest BCUT2D eigenvalue weighted by atomic mass is 10.1. The summed E-state index contributed by atoms with van der Waals surface area (Å²) in [5.74, 6) is -0.975. The van der Waals surface area contributed by atoms with Crippen molar-refractivity contribution in [2.45, 2.75) is 37.6 Å². The summed E-state index contributed by atoms with van der Waals surface area (Å²) in [6.07, 6.45) is 0.0750. The van der Waals surface area contributed by atoms with Gasteiger partial charge in [0.05, 0.1) is 5.56 Å². The second-order valence-corrected chi connectivity index (χ2v) is 6.69. The largest absolute Gasteiger partial charge is 0.342 e. The first-order chi connectivity index (χ1) is 10.2. The van der Waals surface area contributed by atoms with Gasteiger partial charge in [-0.3, -0.25) is 19.7 Å². The first kappa shape index (κ1) is 18.2. The van der Waals surface area contributed by atoms with Gasteiger partial charge in [0, 0.05) is 23.4 Å². The molecule has 0 bridgehead atoms. The molecule has 0 saturated carbocycles. The van der Waals surface area contributed by atoms with Crippen LogP contribution < -0.4 is 16.4 Å². The zero-order chi connectivity index (χ0) is 16.8. The highest BCUT2D eigenvalue weighted by atomic mass is 32.2. The van der Waals surface area contributed by atoms with Crippen LogP contribution in [0.4, 0.5) is 4.79 Å². The Bertz CT molecular complexity index is 567. The monoisotopic (exact) mass is 323 g/mol. The van der Waals surface area contributed by atoms with Gasteiger partial charge in [-0.2, -0.15) is 0 Å². The number of hydrogen-bond acceptors (Lipinski definition) is 5. The molecule has 22 heavy (non-hydrogen) atoms. The second kappa shape index (κ2) is 7.95. The third kappa shape index (κ3) is 6.28. The molecule has 0 fully saturated rings. The van der Waals surface area contributed by atoms with E-state index in [1.165, 1.54) is 0 Å². The van der Waals surface area contributed by atoms with E-state index in [4.69, 9.17) is 5.73 Å². The van der Waals surface area contributed by atoms with Crippen LogP contribution in [0, 0.1) is 0 Å². The minimum atomic E-state index is -0.537. The molecule has 6 nitrogen and oxygen atoms in total. The van der Waals surface area contributed by atoms with Gasteiger partial charge in [0.1, 0.15) is 0 Å². The van der Waals surface area contributed by atoms with Crippen molar-refractivity contribution < 1.29 is 14.4 Å². The van der Waals surface area contributed by atoms with Crippen LogP contribution in [0.3, 0.4) is 0 Å². The highest BCUT2D eigenvalue weighted by Gasteiger charge is 2.19.